The predicted molar refractivity (Wildman–Crippen MR) is 87.1 cm³/mol. The van der Waals surface area contributed by atoms with Crippen LogP contribution in [0.2, 0.25) is 0 Å². The van der Waals surface area contributed by atoms with Crippen molar-refractivity contribution in [1.29, 1.82) is 0 Å². The lowest BCUT2D eigenvalue weighted by Gasteiger charge is -2.35. The number of aliphatic hydroxyl groups excluding tert-OH is 1. The first-order valence-electron chi connectivity index (χ1n) is 8.16. The summed E-state index contributed by atoms with van der Waals surface area (Å²) in [6.07, 6.45) is 5.91. The van der Waals surface area contributed by atoms with Gasteiger partial charge < -0.3 is 5.11 Å². The average molecular weight is 283 g/mol. The molecule has 2 nitrogen and oxygen atoms in total. The number of nitrogens with zero attached hydrogens (tertiary/aromatic N) is 1. The molecule has 1 aliphatic rings. The summed E-state index contributed by atoms with van der Waals surface area (Å²) in [7, 11) is 0. The molecule has 0 radical (unpaired) electrons. The Morgan fingerprint density at radius 3 is 2.81 bits per heavy atom. The summed E-state index contributed by atoms with van der Waals surface area (Å²) in [5.74, 6) is 1.84. The third kappa shape index (κ3) is 3.11. The number of para-hydroxylation sites is 1. The Morgan fingerprint density at radius 1 is 1.19 bits per heavy atom. The fourth-order valence-corrected chi connectivity index (χ4v) is 3.72. The van der Waals surface area contributed by atoms with E-state index < -0.39 is 0 Å². The zero-order chi connectivity index (χ0) is 14.8. The summed E-state index contributed by atoms with van der Waals surface area (Å²) in [5.41, 5.74) is 2.38. The van der Waals surface area contributed by atoms with Crippen LogP contribution < -0.4 is 0 Å². The van der Waals surface area contributed by atoms with E-state index in [2.05, 4.69) is 43.1 Å². The monoisotopic (exact) mass is 283 g/mol. The molecule has 1 aromatic carbocycles. The zero-order valence-corrected chi connectivity index (χ0v) is 13.0. The summed E-state index contributed by atoms with van der Waals surface area (Å²) in [4.78, 5) is 4.54. The smallest absolute Gasteiger partial charge is 0.0734 e. The number of pyridine rings is 1. The molecule has 1 fully saturated rings. The van der Waals surface area contributed by atoms with Gasteiger partial charge in [0.25, 0.3) is 0 Å². The highest BCUT2D eigenvalue weighted by molar-refractivity contribution is 5.81. The van der Waals surface area contributed by atoms with Crippen LogP contribution in [0.25, 0.3) is 10.9 Å². The van der Waals surface area contributed by atoms with E-state index in [0.717, 1.165) is 30.7 Å². The highest BCUT2D eigenvalue weighted by atomic mass is 16.3. The molecule has 2 aromatic rings. The van der Waals surface area contributed by atoms with Gasteiger partial charge in [0, 0.05) is 11.6 Å². The van der Waals surface area contributed by atoms with Crippen molar-refractivity contribution in [3.8, 4) is 0 Å². The minimum Gasteiger partial charge on any atom is -0.393 e. The minimum absolute atomic E-state index is 0.154. The number of hydrogen-bond donors (Lipinski definition) is 1. The maximum absolute atomic E-state index is 10.4. The molecule has 0 aliphatic heterocycles. The van der Waals surface area contributed by atoms with Gasteiger partial charge in [-0.2, -0.15) is 0 Å². The Morgan fingerprint density at radius 2 is 2.00 bits per heavy atom. The van der Waals surface area contributed by atoms with E-state index in [4.69, 9.17) is 0 Å². The maximum atomic E-state index is 10.4. The first kappa shape index (κ1) is 14.5. The molecule has 0 saturated heterocycles. The Kier molecular flexibility index (Phi) is 4.25. The highest BCUT2D eigenvalue weighted by Crippen LogP contribution is 2.36. The summed E-state index contributed by atoms with van der Waals surface area (Å²) in [6, 6.07) is 10.5. The predicted octanol–water partition coefficient (Wildman–Crippen LogP) is 4.21. The standard InChI is InChI=1S/C19H25NO/c1-13(2)15-8-9-18(21)17(11-15)12-16-6-3-5-14-7-4-10-20-19(14)16/h3-7,10,13,15,17-18,21H,8-9,11-12H2,1-2H3. The molecule has 3 rings (SSSR count). The number of hydrogen-bond acceptors (Lipinski definition) is 2. The van der Waals surface area contributed by atoms with E-state index in [-0.39, 0.29) is 6.10 Å². The first-order valence-corrected chi connectivity index (χ1v) is 8.16. The van der Waals surface area contributed by atoms with Crippen LogP contribution in [-0.4, -0.2) is 16.2 Å². The van der Waals surface area contributed by atoms with Crippen LogP contribution in [0, 0.1) is 17.8 Å². The molecular formula is C19H25NO. The molecule has 0 bridgehead atoms. The van der Waals surface area contributed by atoms with Crippen molar-refractivity contribution >= 4 is 10.9 Å². The minimum atomic E-state index is -0.154. The van der Waals surface area contributed by atoms with Crippen LogP contribution in [0.5, 0.6) is 0 Å². The molecule has 1 N–H and O–H groups in total. The molecule has 0 spiro atoms. The molecule has 21 heavy (non-hydrogen) atoms. The van der Waals surface area contributed by atoms with Gasteiger partial charge in [-0.25, -0.2) is 0 Å². The van der Waals surface area contributed by atoms with E-state index in [1.165, 1.54) is 17.4 Å². The Labute approximate surface area is 127 Å². The average Bonchev–Trinajstić information content (AvgIpc) is 2.49. The van der Waals surface area contributed by atoms with Crippen molar-refractivity contribution in [1.82, 2.24) is 4.98 Å². The van der Waals surface area contributed by atoms with Gasteiger partial charge in [0.15, 0.2) is 0 Å². The molecule has 1 aromatic heterocycles. The van der Waals surface area contributed by atoms with Gasteiger partial charge in [-0.05, 0) is 55.1 Å². The van der Waals surface area contributed by atoms with Crippen molar-refractivity contribution in [2.75, 3.05) is 0 Å². The zero-order valence-electron chi connectivity index (χ0n) is 13.0. The second-order valence-corrected chi connectivity index (χ2v) is 6.84. The molecular weight excluding hydrogens is 258 g/mol. The Bertz CT molecular complexity index is 602. The SMILES string of the molecule is CC(C)C1CCC(O)C(Cc2cccc3cccnc23)C1. The van der Waals surface area contributed by atoms with Crippen molar-refractivity contribution < 1.29 is 5.11 Å². The lowest BCUT2D eigenvalue weighted by Crippen LogP contribution is -2.32. The lowest BCUT2D eigenvalue weighted by molar-refractivity contribution is 0.0380. The molecule has 0 amide bonds. The van der Waals surface area contributed by atoms with Gasteiger partial charge in [-0.3, -0.25) is 4.98 Å². The number of fused-ring (bicyclic) bond motifs is 1. The fraction of sp³-hybridized carbons (Fsp3) is 0.526. The van der Waals surface area contributed by atoms with Crippen molar-refractivity contribution in [3.05, 3.63) is 42.1 Å². The third-order valence-corrected chi connectivity index (χ3v) is 5.12. The first-order chi connectivity index (χ1) is 10.1. The van der Waals surface area contributed by atoms with Crippen molar-refractivity contribution in [2.24, 2.45) is 17.8 Å². The number of aromatic nitrogens is 1. The number of rotatable bonds is 3. The van der Waals surface area contributed by atoms with Gasteiger partial charge >= 0.3 is 0 Å². The van der Waals surface area contributed by atoms with Crippen LogP contribution >= 0.6 is 0 Å². The highest BCUT2D eigenvalue weighted by Gasteiger charge is 2.30. The lowest BCUT2D eigenvalue weighted by atomic mass is 9.73. The molecule has 1 saturated carbocycles. The third-order valence-electron chi connectivity index (χ3n) is 5.12. The van der Waals surface area contributed by atoms with Crippen LogP contribution in [-0.2, 0) is 6.42 Å². The van der Waals surface area contributed by atoms with Gasteiger partial charge in [0.2, 0.25) is 0 Å². The summed E-state index contributed by atoms with van der Waals surface area (Å²) in [5, 5.41) is 11.6. The van der Waals surface area contributed by atoms with Crippen LogP contribution in [0.1, 0.15) is 38.7 Å². The molecule has 1 heterocycles. The summed E-state index contributed by atoms with van der Waals surface area (Å²) < 4.78 is 0. The molecule has 3 atom stereocenters. The van der Waals surface area contributed by atoms with E-state index in [1.807, 2.05) is 12.3 Å². The molecule has 2 heteroatoms. The fourth-order valence-electron chi connectivity index (χ4n) is 3.72. The number of benzene rings is 1. The van der Waals surface area contributed by atoms with E-state index in [9.17, 15) is 5.11 Å². The van der Waals surface area contributed by atoms with Gasteiger partial charge in [0.05, 0.1) is 11.6 Å². The summed E-state index contributed by atoms with van der Waals surface area (Å²) in [6.45, 7) is 4.61. The van der Waals surface area contributed by atoms with Crippen LogP contribution in [0.4, 0.5) is 0 Å². The van der Waals surface area contributed by atoms with Crippen molar-refractivity contribution in [3.63, 3.8) is 0 Å². The number of aliphatic hydroxyl groups is 1. The van der Waals surface area contributed by atoms with E-state index >= 15 is 0 Å². The normalized spacial score (nSPS) is 26.4. The van der Waals surface area contributed by atoms with Gasteiger partial charge in [-0.15, -0.1) is 0 Å². The summed E-state index contributed by atoms with van der Waals surface area (Å²) >= 11 is 0. The second kappa shape index (κ2) is 6.15. The van der Waals surface area contributed by atoms with Gasteiger partial charge in [-0.1, -0.05) is 38.1 Å². The van der Waals surface area contributed by atoms with E-state index in [1.54, 1.807) is 0 Å². The quantitative estimate of drug-likeness (QED) is 0.915. The maximum Gasteiger partial charge on any atom is 0.0734 e. The second-order valence-electron chi connectivity index (χ2n) is 6.84. The molecule has 1 aliphatic carbocycles. The Balaban J connectivity index is 1.83. The van der Waals surface area contributed by atoms with E-state index in [0.29, 0.717) is 11.8 Å². The Hall–Kier alpha value is -1.41. The topological polar surface area (TPSA) is 33.1 Å². The largest absolute Gasteiger partial charge is 0.393 e. The van der Waals surface area contributed by atoms with Crippen molar-refractivity contribution in [2.45, 2.75) is 45.6 Å². The molecule has 3 unspecified atom stereocenters. The molecule has 112 valence electrons. The van der Waals surface area contributed by atoms with Gasteiger partial charge in [0.1, 0.15) is 0 Å². The van der Waals surface area contributed by atoms with Crippen LogP contribution in [0.15, 0.2) is 36.5 Å². The van der Waals surface area contributed by atoms with Crippen LogP contribution in [0.3, 0.4) is 0 Å².